The maximum Gasteiger partial charge on any atom is 0.408 e. The number of hydrogen-bond acceptors (Lipinski definition) is 3. The minimum atomic E-state index is -0.544. The highest BCUT2D eigenvalue weighted by atomic mass is 127. The molecule has 5 nitrogen and oxygen atoms in total. The number of carbonyl (C=O) groups excluding carboxylic acids is 2. The van der Waals surface area contributed by atoms with Crippen molar-refractivity contribution in [1.29, 1.82) is 0 Å². The topological polar surface area (TPSA) is 67.4 Å². The van der Waals surface area contributed by atoms with Crippen LogP contribution in [0.15, 0.2) is 0 Å². The highest BCUT2D eigenvalue weighted by Gasteiger charge is 2.40. The predicted octanol–water partition coefficient (Wildman–Crippen LogP) is 0.813. The Morgan fingerprint density at radius 2 is 2.20 bits per heavy atom. The van der Waals surface area contributed by atoms with E-state index in [0.29, 0.717) is 0 Å². The number of nitrogens with one attached hydrogen (secondary N) is 2. The number of amides is 2. The van der Waals surface area contributed by atoms with E-state index in [1.54, 1.807) is 20.8 Å². The summed E-state index contributed by atoms with van der Waals surface area (Å²) in [7, 11) is 0. The summed E-state index contributed by atoms with van der Waals surface area (Å²) in [6.45, 7) is 5.34. The molecule has 1 aliphatic rings. The Morgan fingerprint density at radius 3 is 2.60 bits per heavy atom. The van der Waals surface area contributed by atoms with E-state index >= 15 is 0 Å². The minimum absolute atomic E-state index is 0.0191. The van der Waals surface area contributed by atoms with Crippen molar-refractivity contribution >= 4 is 34.6 Å². The van der Waals surface area contributed by atoms with Crippen LogP contribution in [0.5, 0.6) is 0 Å². The van der Waals surface area contributed by atoms with E-state index in [2.05, 4.69) is 33.2 Å². The number of alkyl carbamates (subject to hydrolysis) is 1. The zero-order valence-corrected chi connectivity index (χ0v) is 11.1. The molecule has 0 aromatic carbocycles. The third kappa shape index (κ3) is 3.51. The van der Waals surface area contributed by atoms with Crippen LogP contribution in [0, 0.1) is 0 Å². The fourth-order valence-electron chi connectivity index (χ4n) is 1.17. The molecule has 2 amide bonds. The molecule has 1 saturated heterocycles. The van der Waals surface area contributed by atoms with Crippen molar-refractivity contribution in [3.63, 3.8) is 0 Å². The molecule has 1 fully saturated rings. The van der Waals surface area contributed by atoms with Crippen molar-refractivity contribution in [2.75, 3.05) is 4.43 Å². The molecule has 15 heavy (non-hydrogen) atoms. The molecule has 0 unspecified atom stereocenters. The summed E-state index contributed by atoms with van der Waals surface area (Å²) in [5, 5.41) is 5.24. The second-order valence-electron chi connectivity index (χ2n) is 4.39. The maximum absolute atomic E-state index is 11.4. The first kappa shape index (κ1) is 12.5. The van der Waals surface area contributed by atoms with Crippen molar-refractivity contribution < 1.29 is 14.3 Å². The monoisotopic (exact) mass is 326 g/mol. The van der Waals surface area contributed by atoms with Crippen LogP contribution >= 0.6 is 22.6 Å². The Labute approximate surface area is 102 Å². The zero-order chi connectivity index (χ0) is 11.6. The first-order valence-corrected chi connectivity index (χ1v) is 6.22. The number of ether oxygens (including phenoxy) is 1. The maximum atomic E-state index is 11.4. The first-order chi connectivity index (χ1) is 6.83. The molecule has 1 aliphatic heterocycles. The Kier molecular flexibility index (Phi) is 3.80. The molecule has 1 heterocycles. The number of rotatable bonds is 2. The lowest BCUT2D eigenvalue weighted by Gasteiger charge is -2.36. The fraction of sp³-hybridized carbons (Fsp3) is 0.778. The number of carbonyl (C=O) groups is 2. The molecule has 0 spiro atoms. The van der Waals surface area contributed by atoms with Crippen molar-refractivity contribution in [3.05, 3.63) is 0 Å². The van der Waals surface area contributed by atoms with E-state index < -0.39 is 17.7 Å². The molecule has 0 saturated carbocycles. The predicted molar refractivity (Wildman–Crippen MR) is 64.0 cm³/mol. The molecule has 0 aromatic heterocycles. The quantitative estimate of drug-likeness (QED) is 0.448. The molecule has 0 aromatic rings. The third-order valence-electron chi connectivity index (χ3n) is 1.85. The van der Waals surface area contributed by atoms with Crippen LogP contribution in [0.4, 0.5) is 4.79 Å². The van der Waals surface area contributed by atoms with Crippen LogP contribution in [0.2, 0.25) is 0 Å². The van der Waals surface area contributed by atoms with E-state index in [-0.39, 0.29) is 11.9 Å². The summed E-state index contributed by atoms with van der Waals surface area (Å²) in [5.41, 5.74) is -0.538. The van der Waals surface area contributed by atoms with Gasteiger partial charge in [-0.05, 0) is 20.8 Å². The number of halogens is 1. The van der Waals surface area contributed by atoms with Gasteiger partial charge >= 0.3 is 6.09 Å². The lowest BCUT2D eigenvalue weighted by molar-refractivity contribution is -0.130. The van der Waals surface area contributed by atoms with Crippen molar-refractivity contribution in [2.24, 2.45) is 0 Å². The Morgan fingerprint density at radius 1 is 1.60 bits per heavy atom. The van der Waals surface area contributed by atoms with Crippen LogP contribution < -0.4 is 10.6 Å². The van der Waals surface area contributed by atoms with E-state index in [9.17, 15) is 9.59 Å². The number of alkyl halides is 1. The van der Waals surface area contributed by atoms with Crippen LogP contribution in [0.25, 0.3) is 0 Å². The van der Waals surface area contributed by atoms with Gasteiger partial charge in [-0.15, -0.1) is 0 Å². The Bertz CT molecular complexity index is 275. The summed E-state index contributed by atoms with van der Waals surface area (Å²) >= 11 is 2.16. The SMILES string of the molecule is CC(C)(C)OC(=O)N[C@@H]1C(=O)N[C@@H]1CI. The molecule has 2 N–H and O–H groups in total. The molecular weight excluding hydrogens is 311 g/mol. The Balaban J connectivity index is 2.41. The first-order valence-electron chi connectivity index (χ1n) is 4.69. The Hall–Kier alpha value is -0.530. The lowest BCUT2D eigenvalue weighted by atomic mass is 10.0. The second kappa shape index (κ2) is 4.54. The summed E-state index contributed by atoms with van der Waals surface area (Å²) < 4.78 is 5.82. The van der Waals surface area contributed by atoms with Gasteiger partial charge in [0.25, 0.3) is 0 Å². The molecule has 0 radical (unpaired) electrons. The van der Waals surface area contributed by atoms with Crippen LogP contribution in [0.1, 0.15) is 20.8 Å². The van der Waals surface area contributed by atoms with Gasteiger partial charge in [-0.25, -0.2) is 4.79 Å². The largest absolute Gasteiger partial charge is 0.444 e. The van der Waals surface area contributed by atoms with Gasteiger partial charge in [-0.3, -0.25) is 4.79 Å². The highest BCUT2D eigenvalue weighted by Crippen LogP contribution is 2.11. The van der Waals surface area contributed by atoms with Crippen LogP contribution in [-0.4, -0.2) is 34.1 Å². The van der Waals surface area contributed by atoms with E-state index in [1.165, 1.54) is 0 Å². The molecule has 0 bridgehead atoms. The van der Waals surface area contributed by atoms with Gasteiger partial charge in [0.05, 0.1) is 6.04 Å². The molecular formula is C9H15IN2O3. The molecule has 0 aliphatic carbocycles. The van der Waals surface area contributed by atoms with Gasteiger partial charge < -0.3 is 15.4 Å². The lowest BCUT2D eigenvalue weighted by Crippen LogP contribution is -2.70. The van der Waals surface area contributed by atoms with Gasteiger partial charge in [0.15, 0.2) is 0 Å². The molecule has 1 rings (SSSR count). The second-order valence-corrected chi connectivity index (χ2v) is 5.27. The van der Waals surface area contributed by atoms with Crippen LogP contribution in [-0.2, 0) is 9.53 Å². The summed E-state index contributed by atoms with van der Waals surface area (Å²) in [6, 6.07) is -0.428. The summed E-state index contributed by atoms with van der Waals surface area (Å²) in [5.74, 6) is -0.150. The number of β-lactam (4-membered cyclic amide) rings is 1. The van der Waals surface area contributed by atoms with Gasteiger partial charge in [0.2, 0.25) is 5.91 Å². The third-order valence-corrected chi connectivity index (χ3v) is 2.80. The van der Waals surface area contributed by atoms with Crippen LogP contribution in [0.3, 0.4) is 0 Å². The number of hydrogen-bond donors (Lipinski definition) is 2. The van der Waals surface area contributed by atoms with E-state index in [0.717, 1.165) is 4.43 Å². The zero-order valence-electron chi connectivity index (χ0n) is 8.96. The standard InChI is InChI=1S/C9H15IN2O3/c1-9(2,3)15-8(14)12-6-5(4-10)11-7(6)13/h5-6H,4H2,1-3H3,(H,11,13)(H,12,14)/t5-,6+/m1/s1. The van der Waals surface area contributed by atoms with Gasteiger partial charge in [-0.1, -0.05) is 22.6 Å². The van der Waals surface area contributed by atoms with Crippen molar-refractivity contribution in [2.45, 2.75) is 38.5 Å². The molecule has 2 atom stereocenters. The summed E-state index contributed by atoms with van der Waals surface area (Å²) in [4.78, 5) is 22.5. The smallest absolute Gasteiger partial charge is 0.408 e. The summed E-state index contributed by atoms with van der Waals surface area (Å²) in [6.07, 6.45) is -0.544. The normalized spacial score (nSPS) is 25.2. The fourth-order valence-corrected chi connectivity index (χ4v) is 1.90. The average molecular weight is 326 g/mol. The minimum Gasteiger partial charge on any atom is -0.444 e. The van der Waals surface area contributed by atoms with E-state index in [4.69, 9.17) is 4.74 Å². The highest BCUT2D eigenvalue weighted by molar-refractivity contribution is 14.1. The van der Waals surface area contributed by atoms with Gasteiger partial charge in [-0.2, -0.15) is 0 Å². The van der Waals surface area contributed by atoms with Gasteiger partial charge in [0.1, 0.15) is 11.6 Å². The molecule has 6 heteroatoms. The average Bonchev–Trinajstić information content (AvgIpc) is 2.07. The van der Waals surface area contributed by atoms with Gasteiger partial charge in [0, 0.05) is 4.43 Å². The van der Waals surface area contributed by atoms with Crippen molar-refractivity contribution in [3.8, 4) is 0 Å². The van der Waals surface area contributed by atoms with E-state index in [1.807, 2.05) is 0 Å². The molecule has 86 valence electrons. The van der Waals surface area contributed by atoms with Crippen molar-refractivity contribution in [1.82, 2.24) is 10.6 Å².